The molecule has 1 amide bonds. The van der Waals surface area contributed by atoms with Gasteiger partial charge in [-0.25, -0.2) is 0 Å². The van der Waals surface area contributed by atoms with Crippen LogP contribution in [-0.2, 0) is 4.79 Å². The van der Waals surface area contributed by atoms with Gasteiger partial charge in [-0.15, -0.1) is 5.11 Å². The smallest absolute Gasteiger partial charge is 0.252 e. The van der Waals surface area contributed by atoms with Crippen LogP contribution in [-0.4, -0.2) is 18.3 Å². The second kappa shape index (κ2) is 2.74. The normalized spacial score (nSPS) is 18.6. The Labute approximate surface area is 73.2 Å². The zero-order chi connectivity index (χ0) is 9.26. The fourth-order valence-corrected chi connectivity index (χ4v) is 1.000. The van der Waals surface area contributed by atoms with Gasteiger partial charge in [0, 0.05) is 5.57 Å². The molecular weight excluding hydrogens is 170 g/mol. The van der Waals surface area contributed by atoms with Gasteiger partial charge in [-0.2, -0.15) is 15.3 Å². The van der Waals surface area contributed by atoms with Crippen molar-refractivity contribution in [3.05, 3.63) is 23.0 Å². The molecule has 0 saturated carbocycles. The van der Waals surface area contributed by atoms with E-state index < -0.39 is 5.91 Å². The maximum Gasteiger partial charge on any atom is 0.252 e. The largest absolute Gasteiger partial charge is 0.365 e. The Morgan fingerprint density at radius 1 is 1.31 bits per heavy atom. The van der Waals surface area contributed by atoms with Gasteiger partial charge in [0.15, 0.2) is 0 Å². The molecule has 0 fully saturated rings. The van der Waals surface area contributed by atoms with Crippen LogP contribution in [0.4, 0.5) is 0 Å². The predicted molar refractivity (Wildman–Crippen MR) is 46.1 cm³/mol. The maximum absolute atomic E-state index is 10.9. The lowest BCUT2D eigenvalue weighted by molar-refractivity contribution is -0.114. The lowest BCUT2D eigenvalue weighted by atomic mass is 10.1. The number of azo groups is 1. The fourth-order valence-electron chi connectivity index (χ4n) is 1.000. The molecule has 0 bridgehead atoms. The molecule has 64 valence electrons. The lowest BCUT2D eigenvalue weighted by Crippen LogP contribution is -2.14. The Morgan fingerprint density at radius 3 is 2.62 bits per heavy atom. The number of nitrogens with zero attached hydrogens (tertiary/aromatic N) is 4. The Balaban J connectivity index is 2.46. The average Bonchev–Trinajstić information content (AvgIpc) is 2.74. The summed E-state index contributed by atoms with van der Waals surface area (Å²) < 4.78 is 0. The van der Waals surface area contributed by atoms with E-state index in [1.165, 1.54) is 18.6 Å². The van der Waals surface area contributed by atoms with E-state index in [2.05, 4.69) is 20.4 Å². The summed E-state index contributed by atoms with van der Waals surface area (Å²) in [6.07, 6.45) is 4.32. The van der Waals surface area contributed by atoms with Crippen molar-refractivity contribution in [2.75, 3.05) is 0 Å². The second-order valence-electron chi connectivity index (χ2n) is 2.42. The monoisotopic (exact) mass is 175 g/mol. The van der Waals surface area contributed by atoms with E-state index in [9.17, 15) is 4.79 Å². The molecule has 0 aliphatic carbocycles. The van der Waals surface area contributed by atoms with Gasteiger partial charge >= 0.3 is 0 Å². The predicted octanol–water partition coefficient (Wildman–Crippen LogP) is 0.146. The molecule has 2 rings (SSSR count). The van der Waals surface area contributed by atoms with Crippen LogP contribution >= 0.6 is 0 Å². The molecule has 0 aromatic heterocycles. The number of carbonyl (C=O) groups is 1. The molecule has 0 saturated heterocycles. The SMILES string of the molecule is NC(=O)C1=CN=NC1=C1C=NN=C1. The van der Waals surface area contributed by atoms with Gasteiger partial charge in [0.25, 0.3) is 5.91 Å². The van der Waals surface area contributed by atoms with Crippen molar-refractivity contribution in [1.29, 1.82) is 0 Å². The van der Waals surface area contributed by atoms with Gasteiger partial charge in [-0.1, -0.05) is 0 Å². The number of rotatable bonds is 1. The van der Waals surface area contributed by atoms with Gasteiger partial charge in [0.05, 0.1) is 24.2 Å². The Morgan fingerprint density at radius 2 is 2.00 bits per heavy atom. The van der Waals surface area contributed by atoms with Crippen LogP contribution in [0.1, 0.15) is 0 Å². The van der Waals surface area contributed by atoms with Crippen LogP contribution < -0.4 is 5.73 Å². The number of allylic oxidation sites excluding steroid dienone is 1. The summed E-state index contributed by atoms with van der Waals surface area (Å²) >= 11 is 0. The molecule has 2 aliphatic heterocycles. The Bertz CT molecular complexity index is 399. The Hall–Kier alpha value is -2.11. The highest BCUT2D eigenvalue weighted by Crippen LogP contribution is 2.21. The fraction of sp³-hybridized carbons (Fsp3) is 0. The highest BCUT2D eigenvalue weighted by atomic mass is 16.1. The molecule has 2 N–H and O–H groups in total. The van der Waals surface area contributed by atoms with Crippen molar-refractivity contribution in [2.45, 2.75) is 0 Å². The minimum Gasteiger partial charge on any atom is -0.365 e. The van der Waals surface area contributed by atoms with E-state index in [1.54, 1.807) is 0 Å². The van der Waals surface area contributed by atoms with Gasteiger partial charge in [-0.3, -0.25) is 4.79 Å². The van der Waals surface area contributed by atoms with Crippen molar-refractivity contribution in [3.63, 3.8) is 0 Å². The van der Waals surface area contributed by atoms with E-state index in [0.29, 0.717) is 11.3 Å². The van der Waals surface area contributed by atoms with Crippen molar-refractivity contribution in [2.24, 2.45) is 26.2 Å². The zero-order valence-corrected chi connectivity index (χ0v) is 6.51. The van der Waals surface area contributed by atoms with Crippen molar-refractivity contribution in [1.82, 2.24) is 0 Å². The molecule has 0 unspecified atom stereocenters. The highest BCUT2D eigenvalue weighted by molar-refractivity contribution is 6.11. The molecule has 13 heavy (non-hydrogen) atoms. The third-order valence-corrected chi connectivity index (χ3v) is 1.60. The first-order valence-electron chi connectivity index (χ1n) is 3.51. The number of nitrogens with two attached hydrogens (primary N) is 1. The summed E-state index contributed by atoms with van der Waals surface area (Å²) in [5.41, 5.74) is 6.47. The molecular formula is C7H5N5O. The van der Waals surface area contributed by atoms with Gasteiger partial charge < -0.3 is 5.73 Å². The van der Waals surface area contributed by atoms with E-state index in [1.807, 2.05) is 0 Å². The molecule has 0 atom stereocenters. The standard InChI is InChI=1S/C7H5N5O/c8-7(13)5-3-11-12-6(5)4-1-9-10-2-4/h1-3H,(H2,8,13). The molecule has 2 heterocycles. The van der Waals surface area contributed by atoms with Crippen molar-refractivity contribution < 1.29 is 4.79 Å². The topological polar surface area (TPSA) is 92.5 Å². The van der Waals surface area contributed by atoms with Crippen LogP contribution in [0.15, 0.2) is 43.5 Å². The number of hydrogen-bond acceptors (Lipinski definition) is 5. The van der Waals surface area contributed by atoms with Crippen LogP contribution in [0.5, 0.6) is 0 Å². The molecule has 0 radical (unpaired) electrons. The first kappa shape index (κ1) is 7.53. The van der Waals surface area contributed by atoms with Crippen molar-refractivity contribution in [3.8, 4) is 0 Å². The molecule has 6 heteroatoms. The first-order chi connectivity index (χ1) is 6.29. The molecule has 0 aromatic rings. The second-order valence-corrected chi connectivity index (χ2v) is 2.42. The molecule has 0 spiro atoms. The molecule has 6 nitrogen and oxygen atoms in total. The summed E-state index contributed by atoms with van der Waals surface area (Å²) in [7, 11) is 0. The Kier molecular flexibility index (Phi) is 1.59. The average molecular weight is 175 g/mol. The van der Waals surface area contributed by atoms with Crippen LogP contribution in [0.25, 0.3) is 0 Å². The van der Waals surface area contributed by atoms with Crippen LogP contribution in [0.3, 0.4) is 0 Å². The third-order valence-electron chi connectivity index (χ3n) is 1.60. The van der Waals surface area contributed by atoms with E-state index >= 15 is 0 Å². The van der Waals surface area contributed by atoms with Crippen molar-refractivity contribution >= 4 is 18.3 Å². The van der Waals surface area contributed by atoms with Crippen LogP contribution in [0, 0.1) is 0 Å². The summed E-state index contributed by atoms with van der Waals surface area (Å²) in [6.45, 7) is 0. The summed E-state index contributed by atoms with van der Waals surface area (Å²) in [5.74, 6) is -0.554. The molecule has 0 aromatic carbocycles. The highest BCUT2D eigenvalue weighted by Gasteiger charge is 2.19. The summed E-state index contributed by atoms with van der Waals surface area (Å²) in [4.78, 5) is 10.9. The van der Waals surface area contributed by atoms with E-state index in [0.717, 1.165) is 0 Å². The van der Waals surface area contributed by atoms with E-state index in [4.69, 9.17) is 5.73 Å². The number of carbonyl (C=O) groups excluding carboxylic acids is 1. The number of amides is 1. The maximum atomic E-state index is 10.9. The first-order valence-corrected chi connectivity index (χ1v) is 3.51. The molecule has 2 aliphatic rings. The van der Waals surface area contributed by atoms with Gasteiger partial charge in [0.2, 0.25) is 0 Å². The van der Waals surface area contributed by atoms with Crippen LogP contribution in [0.2, 0.25) is 0 Å². The lowest BCUT2D eigenvalue weighted by Gasteiger charge is -1.96. The van der Waals surface area contributed by atoms with Gasteiger partial charge in [-0.05, 0) is 0 Å². The number of primary amides is 1. The zero-order valence-electron chi connectivity index (χ0n) is 6.51. The summed E-state index contributed by atoms with van der Waals surface area (Å²) in [6, 6.07) is 0. The third kappa shape index (κ3) is 1.18. The quantitative estimate of drug-likeness (QED) is 0.603. The van der Waals surface area contributed by atoms with Gasteiger partial charge in [0.1, 0.15) is 5.70 Å². The van der Waals surface area contributed by atoms with E-state index in [-0.39, 0.29) is 5.57 Å². The minimum absolute atomic E-state index is 0.287. The number of hydrogen-bond donors (Lipinski definition) is 1. The minimum atomic E-state index is -0.554. The summed E-state index contributed by atoms with van der Waals surface area (Å²) in [5, 5.41) is 14.6.